The Morgan fingerprint density at radius 3 is 2.85 bits per heavy atom. The van der Waals surface area contributed by atoms with Crippen LogP contribution in [0.1, 0.15) is 21.6 Å². The minimum Gasteiger partial charge on any atom is -0.443 e. The molecule has 3 aromatic heterocycles. The third-order valence-corrected chi connectivity index (χ3v) is 4.93. The number of amides is 1. The lowest BCUT2D eigenvalue weighted by Gasteiger charge is -2.10. The molecule has 1 amide bonds. The standard InChI is InChI=1S/C20H17N3O2S/c1-14-6-7-15(11-17(14)23-8-2-3-9-23)19(24)21-12-16-13-25-20(22-16)18-5-4-10-26-18/h2-11,13H,12H2,1H3,(H,21,24). The van der Waals surface area contributed by atoms with Crippen molar-refractivity contribution in [3.8, 4) is 16.5 Å². The van der Waals surface area contributed by atoms with Crippen LogP contribution in [0.2, 0.25) is 0 Å². The first-order chi connectivity index (χ1) is 12.7. The van der Waals surface area contributed by atoms with Crippen molar-refractivity contribution in [3.63, 3.8) is 0 Å². The van der Waals surface area contributed by atoms with E-state index >= 15 is 0 Å². The number of benzene rings is 1. The number of hydrogen-bond donors (Lipinski definition) is 1. The molecule has 1 aromatic carbocycles. The van der Waals surface area contributed by atoms with Gasteiger partial charge < -0.3 is 14.3 Å². The fourth-order valence-electron chi connectivity index (χ4n) is 2.70. The van der Waals surface area contributed by atoms with Crippen LogP contribution < -0.4 is 5.32 Å². The number of carbonyl (C=O) groups excluding carboxylic acids is 1. The summed E-state index contributed by atoms with van der Waals surface area (Å²) in [7, 11) is 0. The molecule has 0 unspecified atom stereocenters. The van der Waals surface area contributed by atoms with E-state index in [1.54, 1.807) is 17.6 Å². The first-order valence-electron chi connectivity index (χ1n) is 8.21. The summed E-state index contributed by atoms with van der Waals surface area (Å²) in [6.45, 7) is 2.35. The van der Waals surface area contributed by atoms with Crippen LogP contribution in [0.3, 0.4) is 0 Å². The number of rotatable bonds is 5. The lowest BCUT2D eigenvalue weighted by Crippen LogP contribution is -2.23. The van der Waals surface area contributed by atoms with E-state index in [9.17, 15) is 4.79 Å². The Morgan fingerprint density at radius 1 is 1.23 bits per heavy atom. The zero-order valence-electron chi connectivity index (χ0n) is 14.2. The third-order valence-electron chi connectivity index (χ3n) is 4.07. The number of thiophene rings is 1. The van der Waals surface area contributed by atoms with E-state index in [0.29, 0.717) is 23.7 Å². The SMILES string of the molecule is Cc1ccc(C(=O)NCc2coc(-c3cccs3)n2)cc1-n1cccc1. The second-order valence-corrected chi connectivity index (χ2v) is 6.84. The van der Waals surface area contributed by atoms with Crippen molar-refractivity contribution in [2.24, 2.45) is 0 Å². The van der Waals surface area contributed by atoms with Crippen molar-refractivity contribution in [1.82, 2.24) is 14.9 Å². The van der Waals surface area contributed by atoms with E-state index in [1.807, 2.05) is 71.7 Å². The molecule has 4 aromatic rings. The number of hydrogen-bond acceptors (Lipinski definition) is 4. The van der Waals surface area contributed by atoms with Crippen molar-refractivity contribution >= 4 is 17.2 Å². The number of oxazole rings is 1. The van der Waals surface area contributed by atoms with Crippen LogP contribution in [0.5, 0.6) is 0 Å². The zero-order valence-corrected chi connectivity index (χ0v) is 15.0. The molecule has 0 aliphatic heterocycles. The quantitative estimate of drug-likeness (QED) is 0.570. The Bertz CT molecular complexity index is 1020. The Balaban J connectivity index is 1.46. The Kier molecular flexibility index (Phi) is 4.41. The maximum absolute atomic E-state index is 12.5. The number of aryl methyl sites for hydroxylation is 1. The number of nitrogens with one attached hydrogen (secondary N) is 1. The fraction of sp³-hybridized carbons (Fsp3) is 0.100. The molecular weight excluding hydrogens is 346 g/mol. The van der Waals surface area contributed by atoms with Crippen LogP contribution >= 0.6 is 11.3 Å². The number of nitrogens with zero attached hydrogens (tertiary/aromatic N) is 2. The molecule has 0 bridgehead atoms. The van der Waals surface area contributed by atoms with Crippen LogP contribution in [-0.4, -0.2) is 15.5 Å². The summed E-state index contributed by atoms with van der Waals surface area (Å²) < 4.78 is 7.47. The first kappa shape index (κ1) is 16.4. The second-order valence-electron chi connectivity index (χ2n) is 5.90. The lowest BCUT2D eigenvalue weighted by molar-refractivity contribution is 0.0950. The van der Waals surface area contributed by atoms with Crippen LogP contribution in [0.15, 0.2) is 70.9 Å². The smallest absolute Gasteiger partial charge is 0.251 e. The third kappa shape index (κ3) is 3.32. The molecule has 0 atom stereocenters. The van der Waals surface area contributed by atoms with E-state index in [1.165, 1.54) is 0 Å². The topological polar surface area (TPSA) is 60.1 Å². The van der Waals surface area contributed by atoms with Crippen molar-refractivity contribution in [1.29, 1.82) is 0 Å². The van der Waals surface area contributed by atoms with E-state index in [2.05, 4.69) is 10.3 Å². The minimum atomic E-state index is -0.140. The minimum absolute atomic E-state index is 0.140. The van der Waals surface area contributed by atoms with Crippen molar-refractivity contribution in [3.05, 3.63) is 83.3 Å². The van der Waals surface area contributed by atoms with Crippen molar-refractivity contribution in [2.75, 3.05) is 0 Å². The van der Waals surface area contributed by atoms with E-state index in [4.69, 9.17) is 4.42 Å². The molecule has 0 saturated heterocycles. The molecule has 0 aliphatic rings. The van der Waals surface area contributed by atoms with Crippen LogP contribution in [0.25, 0.3) is 16.5 Å². The largest absolute Gasteiger partial charge is 0.443 e. The number of carbonyl (C=O) groups is 1. The van der Waals surface area contributed by atoms with Crippen LogP contribution in [0.4, 0.5) is 0 Å². The zero-order chi connectivity index (χ0) is 17.9. The Hall–Kier alpha value is -3.12. The predicted octanol–water partition coefficient (Wildman–Crippen LogP) is 4.43. The maximum atomic E-state index is 12.5. The molecule has 5 nitrogen and oxygen atoms in total. The highest BCUT2D eigenvalue weighted by Crippen LogP contribution is 2.23. The molecule has 0 radical (unpaired) electrons. The first-order valence-corrected chi connectivity index (χ1v) is 9.09. The summed E-state index contributed by atoms with van der Waals surface area (Å²) in [6.07, 6.45) is 5.51. The van der Waals surface area contributed by atoms with Gasteiger partial charge in [-0.3, -0.25) is 4.79 Å². The molecule has 26 heavy (non-hydrogen) atoms. The molecule has 130 valence electrons. The van der Waals surface area contributed by atoms with Gasteiger partial charge in [-0.2, -0.15) is 0 Å². The summed E-state index contributed by atoms with van der Waals surface area (Å²) in [6, 6.07) is 13.5. The summed E-state index contributed by atoms with van der Waals surface area (Å²) in [5.41, 5.74) is 3.40. The highest BCUT2D eigenvalue weighted by molar-refractivity contribution is 7.13. The molecule has 3 heterocycles. The van der Waals surface area contributed by atoms with Crippen molar-refractivity contribution in [2.45, 2.75) is 13.5 Å². The maximum Gasteiger partial charge on any atom is 0.251 e. The molecule has 0 aliphatic carbocycles. The van der Waals surface area contributed by atoms with Crippen LogP contribution in [-0.2, 0) is 6.54 Å². The lowest BCUT2D eigenvalue weighted by atomic mass is 10.1. The fourth-order valence-corrected chi connectivity index (χ4v) is 3.35. The van der Waals surface area contributed by atoms with Gasteiger partial charge in [0.2, 0.25) is 5.89 Å². The monoisotopic (exact) mass is 363 g/mol. The van der Waals surface area contributed by atoms with Gasteiger partial charge in [0.05, 0.1) is 17.1 Å². The Labute approximate surface area is 154 Å². The molecular formula is C20H17N3O2S. The molecule has 0 saturated carbocycles. The molecule has 1 N–H and O–H groups in total. The summed E-state index contributed by atoms with van der Waals surface area (Å²) in [5.74, 6) is 0.438. The number of aromatic nitrogens is 2. The average Bonchev–Trinajstić information content (AvgIpc) is 3.42. The van der Waals surface area contributed by atoms with Gasteiger partial charge in [0, 0.05) is 23.6 Å². The van der Waals surface area contributed by atoms with Crippen LogP contribution in [0, 0.1) is 6.92 Å². The van der Waals surface area contributed by atoms with Crippen molar-refractivity contribution < 1.29 is 9.21 Å². The van der Waals surface area contributed by atoms with E-state index < -0.39 is 0 Å². The van der Waals surface area contributed by atoms with E-state index in [-0.39, 0.29) is 5.91 Å². The molecule has 6 heteroatoms. The normalized spacial score (nSPS) is 10.8. The second kappa shape index (κ2) is 7.01. The Morgan fingerprint density at radius 2 is 2.08 bits per heavy atom. The van der Waals surface area contributed by atoms with Gasteiger partial charge in [0.15, 0.2) is 0 Å². The summed E-state index contributed by atoms with van der Waals surface area (Å²) in [5, 5.41) is 4.87. The predicted molar refractivity (Wildman–Crippen MR) is 101 cm³/mol. The van der Waals surface area contributed by atoms with Gasteiger partial charge in [0.1, 0.15) is 6.26 Å². The molecule has 0 spiro atoms. The highest BCUT2D eigenvalue weighted by atomic mass is 32.1. The average molecular weight is 363 g/mol. The van der Waals surface area contributed by atoms with Gasteiger partial charge in [-0.25, -0.2) is 4.98 Å². The van der Waals surface area contributed by atoms with Gasteiger partial charge in [-0.1, -0.05) is 12.1 Å². The molecule has 0 fully saturated rings. The van der Waals surface area contributed by atoms with Gasteiger partial charge >= 0.3 is 0 Å². The van der Waals surface area contributed by atoms with Gasteiger partial charge in [-0.15, -0.1) is 11.3 Å². The summed E-state index contributed by atoms with van der Waals surface area (Å²) >= 11 is 1.57. The molecule has 4 rings (SSSR count). The highest BCUT2D eigenvalue weighted by Gasteiger charge is 2.11. The van der Waals surface area contributed by atoms with Gasteiger partial charge in [0.25, 0.3) is 5.91 Å². The van der Waals surface area contributed by atoms with Gasteiger partial charge in [-0.05, 0) is 48.2 Å². The van der Waals surface area contributed by atoms with E-state index in [0.717, 1.165) is 16.1 Å². The summed E-state index contributed by atoms with van der Waals surface area (Å²) in [4.78, 5) is 17.9.